The van der Waals surface area contributed by atoms with Crippen molar-refractivity contribution in [2.24, 2.45) is 0 Å². The van der Waals surface area contributed by atoms with Crippen molar-refractivity contribution in [1.82, 2.24) is 4.31 Å². The van der Waals surface area contributed by atoms with E-state index >= 15 is 0 Å². The molecule has 6 heteroatoms. The normalized spacial score (nSPS) is 12.9. The Labute approximate surface area is 115 Å². The van der Waals surface area contributed by atoms with Crippen molar-refractivity contribution in [1.29, 1.82) is 0 Å². The van der Waals surface area contributed by atoms with Gasteiger partial charge in [-0.25, -0.2) is 8.42 Å². The Morgan fingerprint density at radius 3 is 2.21 bits per heavy atom. The van der Waals surface area contributed by atoms with E-state index in [0.717, 1.165) is 0 Å². The minimum Gasteiger partial charge on any atom is -0.399 e. The van der Waals surface area contributed by atoms with Crippen LogP contribution in [0.5, 0.6) is 0 Å². The summed E-state index contributed by atoms with van der Waals surface area (Å²) in [6.07, 6.45) is 0. The SMILES string of the molecule is CCN(CC(C)(C)O)S(=O)(=O)Cc1ccc(N)cc1. The minimum atomic E-state index is -3.44. The fourth-order valence-electron chi connectivity index (χ4n) is 1.75. The van der Waals surface area contributed by atoms with Gasteiger partial charge in [0.1, 0.15) is 0 Å². The van der Waals surface area contributed by atoms with Crippen molar-refractivity contribution in [3.05, 3.63) is 29.8 Å². The largest absolute Gasteiger partial charge is 0.399 e. The van der Waals surface area contributed by atoms with Gasteiger partial charge in [-0.2, -0.15) is 4.31 Å². The molecular formula is C13H22N2O3S. The van der Waals surface area contributed by atoms with E-state index in [2.05, 4.69) is 0 Å². The molecule has 1 aromatic carbocycles. The molecule has 0 aliphatic rings. The molecule has 19 heavy (non-hydrogen) atoms. The second-order valence-electron chi connectivity index (χ2n) is 5.24. The highest BCUT2D eigenvalue weighted by Crippen LogP contribution is 2.15. The molecule has 0 bridgehead atoms. The smallest absolute Gasteiger partial charge is 0.218 e. The summed E-state index contributed by atoms with van der Waals surface area (Å²) in [5.74, 6) is -0.0861. The number of nitrogens with two attached hydrogens (primary N) is 1. The number of nitrogens with zero attached hydrogens (tertiary/aromatic N) is 1. The number of hydrogen-bond donors (Lipinski definition) is 2. The van der Waals surface area contributed by atoms with E-state index < -0.39 is 15.6 Å². The van der Waals surface area contributed by atoms with Crippen LogP contribution in [0.15, 0.2) is 24.3 Å². The van der Waals surface area contributed by atoms with Crippen LogP contribution in [0.2, 0.25) is 0 Å². The highest BCUT2D eigenvalue weighted by molar-refractivity contribution is 7.88. The maximum absolute atomic E-state index is 12.3. The summed E-state index contributed by atoms with van der Waals surface area (Å²) < 4.78 is 25.8. The van der Waals surface area contributed by atoms with Gasteiger partial charge in [-0.3, -0.25) is 0 Å². The fraction of sp³-hybridized carbons (Fsp3) is 0.538. The van der Waals surface area contributed by atoms with Crippen molar-refractivity contribution >= 4 is 15.7 Å². The van der Waals surface area contributed by atoms with E-state index in [4.69, 9.17) is 5.73 Å². The van der Waals surface area contributed by atoms with Crippen molar-refractivity contribution in [3.8, 4) is 0 Å². The zero-order chi connectivity index (χ0) is 14.7. The van der Waals surface area contributed by atoms with Gasteiger partial charge in [-0.1, -0.05) is 19.1 Å². The monoisotopic (exact) mass is 286 g/mol. The van der Waals surface area contributed by atoms with E-state index in [0.29, 0.717) is 17.8 Å². The van der Waals surface area contributed by atoms with Gasteiger partial charge in [0.05, 0.1) is 11.4 Å². The number of likely N-dealkylation sites (N-methyl/N-ethyl adjacent to an activating group) is 1. The average molecular weight is 286 g/mol. The van der Waals surface area contributed by atoms with Crippen LogP contribution in [-0.4, -0.2) is 36.5 Å². The van der Waals surface area contributed by atoms with Gasteiger partial charge in [0.15, 0.2) is 0 Å². The maximum atomic E-state index is 12.3. The molecule has 108 valence electrons. The van der Waals surface area contributed by atoms with E-state index in [1.165, 1.54) is 4.31 Å². The Bertz CT molecular complexity index is 504. The van der Waals surface area contributed by atoms with Crippen molar-refractivity contribution in [2.75, 3.05) is 18.8 Å². The number of hydrogen-bond acceptors (Lipinski definition) is 4. The predicted octanol–water partition coefficient (Wildman–Crippen LogP) is 1.19. The summed E-state index contributed by atoms with van der Waals surface area (Å²) in [5, 5.41) is 9.76. The molecule has 0 saturated carbocycles. The first-order valence-corrected chi connectivity index (χ1v) is 7.79. The van der Waals surface area contributed by atoms with E-state index in [-0.39, 0.29) is 12.3 Å². The molecule has 0 atom stereocenters. The lowest BCUT2D eigenvalue weighted by Gasteiger charge is -2.27. The maximum Gasteiger partial charge on any atom is 0.218 e. The summed E-state index contributed by atoms with van der Waals surface area (Å²) in [7, 11) is -3.44. The minimum absolute atomic E-state index is 0.0841. The molecule has 5 nitrogen and oxygen atoms in total. The summed E-state index contributed by atoms with van der Waals surface area (Å²) in [6, 6.07) is 6.75. The zero-order valence-electron chi connectivity index (χ0n) is 11.6. The molecule has 0 aliphatic heterocycles. The van der Waals surface area contributed by atoms with Crippen LogP contribution in [0.4, 0.5) is 5.69 Å². The molecule has 1 rings (SSSR count). The van der Waals surface area contributed by atoms with Gasteiger partial charge in [0.25, 0.3) is 0 Å². The highest BCUT2D eigenvalue weighted by Gasteiger charge is 2.26. The highest BCUT2D eigenvalue weighted by atomic mass is 32.2. The molecule has 0 aliphatic carbocycles. The van der Waals surface area contributed by atoms with Gasteiger partial charge in [0.2, 0.25) is 10.0 Å². The molecule has 0 amide bonds. The van der Waals surface area contributed by atoms with E-state index in [9.17, 15) is 13.5 Å². The van der Waals surface area contributed by atoms with Crippen LogP contribution in [0.25, 0.3) is 0 Å². The summed E-state index contributed by atoms with van der Waals surface area (Å²) in [6.45, 7) is 5.36. The van der Waals surface area contributed by atoms with Gasteiger partial charge in [-0.05, 0) is 31.5 Å². The number of aliphatic hydroxyl groups is 1. The summed E-state index contributed by atoms with van der Waals surface area (Å²) in [5.41, 5.74) is 5.80. The standard InChI is InChI=1S/C13H22N2O3S/c1-4-15(10-13(2,3)16)19(17,18)9-11-5-7-12(14)8-6-11/h5-8,16H,4,9-10,14H2,1-3H3. The predicted molar refractivity (Wildman–Crippen MR) is 77.0 cm³/mol. The van der Waals surface area contributed by atoms with Gasteiger partial charge >= 0.3 is 0 Å². The lowest BCUT2D eigenvalue weighted by Crippen LogP contribution is -2.42. The number of sulfonamides is 1. The first-order chi connectivity index (χ1) is 8.64. The summed E-state index contributed by atoms with van der Waals surface area (Å²) >= 11 is 0. The van der Waals surface area contributed by atoms with Crippen LogP contribution >= 0.6 is 0 Å². The Morgan fingerprint density at radius 2 is 1.79 bits per heavy atom. The number of benzene rings is 1. The average Bonchev–Trinajstić information content (AvgIpc) is 2.27. The second-order valence-corrected chi connectivity index (χ2v) is 7.21. The van der Waals surface area contributed by atoms with Crippen molar-refractivity contribution < 1.29 is 13.5 Å². The van der Waals surface area contributed by atoms with Crippen LogP contribution in [-0.2, 0) is 15.8 Å². The molecule has 0 heterocycles. The zero-order valence-corrected chi connectivity index (χ0v) is 12.4. The number of rotatable bonds is 6. The lowest BCUT2D eigenvalue weighted by molar-refractivity contribution is 0.0601. The molecule has 0 fully saturated rings. The fourth-order valence-corrected chi connectivity index (χ4v) is 3.46. The van der Waals surface area contributed by atoms with Crippen LogP contribution in [0.1, 0.15) is 26.3 Å². The van der Waals surface area contributed by atoms with Gasteiger partial charge in [-0.15, -0.1) is 0 Å². The van der Waals surface area contributed by atoms with E-state index in [1.54, 1.807) is 45.0 Å². The molecule has 1 aromatic rings. The molecular weight excluding hydrogens is 264 g/mol. The summed E-state index contributed by atoms with van der Waals surface area (Å²) in [4.78, 5) is 0. The first-order valence-electron chi connectivity index (χ1n) is 6.18. The van der Waals surface area contributed by atoms with Crippen LogP contribution < -0.4 is 5.73 Å². The van der Waals surface area contributed by atoms with Gasteiger partial charge in [0, 0.05) is 18.8 Å². The Hall–Kier alpha value is -1.11. The van der Waals surface area contributed by atoms with Crippen molar-refractivity contribution in [3.63, 3.8) is 0 Å². The first kappa shape index (κ1) is 15.9. The lowest BCUT2D eigenvalue weighted by atomic mass is 10.1. The Kier molecular flexibility index (Phi) is 4.95. The van der Waals surface area contributed by atoms with Crippen molar-refractivity contribution in [2.45, 2.75) is 32.1 Å². The second kappa shape index (κ2) is 5.90. The number of anilines is 1. The molecule has 3 N–H and O–H groups in total. The van der Waals surface area contributed by atoms with Crippen LogP contribution in [0, 0.1) is 0 Å². The molecule has 0 spiro atoms. The third-order valence-electron chi connectivity index (χ3n) is 2.64. The van der Waals surface area contributed by atoms with Crippen LogP contribution in [0.3, 0.4) is 0 Å². The molecule has 0 radical (unpaired) electrons. The Morgan fingerprint density at radius 1 is 1.26 bits per heavy atom. The Balaban J connectivity index is 2.87. The van der Waals surface area contributed by atoms with Gasteiger partial charge < -0.3 is 10.8 Å². The van der Waals surface area contributed by atoms with E-state index in [1.807, 2.05) is 0 Å². The molecule has 0 unspecified atom stereocenters. The molecule has 0 saturated heterocycles. The number of nitrogen functional groups attached to an aromatic ring is 1. The quantitative estimate of drug-likeness (QED) is 0.769. The molecule has 0 aromatic heterocycles. The third-order valence-corrected chi connectivity index (χ3v) is 4.51. The topological polar surface area (TPSA) is 83.6 Å². The third kappa shape index (κ3) is 5.18.